The van der Waals surface area contributed by atoms with E-state index in [9.17, 15) is 14.9 Å². The highest BCUT2D eigenvalue weighted by Gasteiger charge is 2.40. The molecule has 0 aliphatic carbocycles. The first-order chi connectivity index (χ1) is 16.1. The lowest BCUT2D eigenvalue weighted by atomic mass is 10.1. The molecule has 33 heavy (non-hydrogen) atoms. The Hall–Kier alpha value is -3.82. The highest BCUT2D eigenvalue weighted by Crippen LogP contribution is 2.41. The van der Waals surface area contributed by atoms with Crippen LogP contribution in [0, 0.1) is 18.3 Å². The molecule has 1 atom stereocenters. The van der Waals surface area contributed by atoms with Gasteiger partial charge in [-0.05, 0) is 36.6 Å². The van der Waals surface area contributed by atoms with Gasteiger partial charge in [0.15, 0.2) is 0 Å². The first-order valence-electron chi connectivity index (χ1n) is 10.6. The van der Waals surface area contributed by atoms with Crippen LogP contribution in [0.2, 0.25) is 0 Å². The van der Waals surface area contributed by atoms with E-state index in [1.807, 2.05) is 97.9 Å². The molecule has 1 fully saturated rings. The second kappa shape index (κ2) is 10.2. The van der Waals surface area contributed by atoms with Crippen molar-refractivity contribution >= 4 is 29.3 Å². The van der Waals surface area contributed by atoms with Crippen LogP contribution in [0.4, 0.5) is 5.69 Å². The fourth-order valence-electron chi connectivity index (χ4n) is 3.61. The third-order valence-corrected chi connectivity index (χ3v) is 6.62. The fourth-order valence-corrected chi connectivity index (χ4v) is 4.92. The molecule has 4 rings (SSSR count). The molecule has 1 saturated heterocycles. The second-order valence-electron chi connectivity index (χ2n) is 7.77. The molecule has 0 bridgehead atoms. The van der Waals surface area contributed by atoms with Crippen LogP contribution < -0.4 is 10.2 Å². The Morgan fingerprint density at radius 1 is 0.970 bits per heavy atom. The van der Waals surface area contributed by atoms with Crippen LogP contribution in [-0.4, -0.2) is 17.1 Å². The smallest absolute Gasteiger partial charge is 0.264 e. The number of anilines is 1. The van der Waals surface area contributed by atoms with Crippen molar-refractivity contribution in [2.45, 2.75) is 25.1 Å². The summed E-state index contributed by atoms with van der Waals surface area (Å²) in [5.74, 6) is -0.625. The summed E-state index contributed by atoms with van der Waals surface area (Å²) in [6.45, 7) is 2.27. The summed E-state index contributed by atoms with van der Waals surface area (Å²) in [5.41, 5.74) is 3.61. The average Bonchev–Trinajstić information content (AvgIpc) is 3.15. The van der Waals surface area contributed by atoms with Crippen LogP contribution in [0.3, 0.4) is 0 Å². The van der Waals surface area contributed by atoms with Gasteiger partial charge in [0.05, 0.1) is 5.25 Å². The molecule has 3 aromatic rings. The Labute approximate surface area is 197 Å². The van der Waals surface area contributed by atoms with Gasteiger partial charge in [-0.3, -0.25) is 14.5 Å². The number of carbonyl (C=O) groups is 2. The van der Waals surface area contributed by atoms with Crippen LogP contribution in [0.15, 0.2) is 95.5 Å². The van der Waals surface area contributed by atoms with Crippen molar-refractivity contribution in [1.82, 2.24) is 5.32 Å². The van der Waals surface area contributed by atoms with Gasteiger partial charge >= 0.3 is 0 Å². The van der Waals surface area contributed by atoms with Crippen LogP contribution in [-0.2, 0) is 22.6 Å². The first-order valence-corrected chi connectivity index (χ1v) is 11.5. The molecular weight excluding hydrogens is 430 g/mol. The molecule has 3 aromatic carbocycles. The van der Waals surface area contributed by atoms with Gasteiger partial charge in [0.25, 0.3) is 5.91 Å². The zero-order chi connectivity index (χ0) is 23.2. The molecule has 0 radical (unpaired) electrons. The van der Waals surface area contributed by atoms with Gasteiger partial charge in [0.1, 0.15) is 16.7 Å². The van der Waals surface area contributed by atoms with Crippen LogP contribution in [0.25, 0.3) is 0 Å². The van der Waals surface area contributed by atoms with Gasteiger partial charge in [0.2, 0.25) is 5.91 Å². The Balaban J connectivity index is 1.67. The molecule has 0 aromatic heterocycles. The minimum absolute atomic E-state index is 0.0552. The summed E-state index contributed by atoms with van der Waals surface area (Å²) in [4.78, 5) is 28.0. The highest BCUT2D eigenvalue weighted by atomic mass is 32.2. The monoisotopic (exact) mass is 453 g/mol. The Morgan fingerprint density at radius 2 is 1.58 bits per heavy atom. The predicted molar refractivity (Wildman–Crippen MR) is 131 cm³/mol. The fraction of sp³-hybridized carbons (Fsp3) is 0.148. The number of amides is 2. The molecule has 1 N–H and O–H groups in total. The van der Waals surface area contributed by atoms with Crippen molar-refractivity contribution in [3.05, 3.63) is 112 Å². The van der Waals surface area contributed by atoms with E-state index in [2.05, 4.69) is 5.32 Å². The minimum atomic E-state index is -0.492. The number of rotatable bonds is 6. The number of nitrogens with one attached hydrogen (secondary N) is 1. The summed E-state index contributed by atoms with van der Waals surface area (Å²) in [5, 5.41) is 12.7. The Bertz CT molecular complexity index is 1220. The summed E-state index contributed by atoms with van der Waals surface area (Å²) < 4.78 is 0. The molecular formula is C27H23N3O2S. The van der Waals surface area contributed by atoms with Crippen LogP contribution in [0.1, 0.15) is 16.7 Å². The number of nitriles is 1. The van der Waals surface area contributed by atoms with Crippen LogP contribution in [0.5, 0.6) is 0 Å². The van der Waals surface area contributed by atoms with Gasteiger partial charge in [-0.2, -0.15) is 5.26 Å². The molecule has 5 nitrogen and oxygen atoms in total. The molecule has 0 unspecified atom stereocenters. The number of thioether (sulfide) groups is 1. The van der Waals surface area contributed by atoms with E-state index < -0.39 is 11.2 Å². The third kappa shape index (κ3) is 5.16. The van der Waals surface area contributed by atoms with Crippen molar-refractivity contribution in [3.63, 3.8) is 0 Å². The molecule has 6 heteroatoms. The van der Waals surface area contributed by atoms with Gasteiger partial charge in [-0.15, -0.1) is 0 Å². The molecule has 1 heterocycles. The maximum Gasteiger partial charge on any atom is 0.264 e. The maximum atomic E-state index is 13.5. The van der Waals surface area contributed by atoms with Gasteiger partial charge in [-0.1, -0.05) is 90.1 Å². The van der Waals surface area contributed by atoms with Crippen molar-refractivity contribution in [1.29, 1.82) is 5.26 Å². The lowest BCUT2D eigenvalue weighted by molar-refractivity contribution is -0.117. The summed E-state index contributed by atoms with van der Waals surface area (Å²) in [6, 6.07) is 28.8. The van der Waals surface area contributed by atoms with Crippen molar-refractivity contribution in [3.8, 4) is 6.07 Å². The SMILES string of the molecule is Cc1ccc(N2C(=O)[C@@H](Cc3ccccc3)S/C2=C(\C#N)C(=O)NCc2ccccc2)cc1. The standard InChI is InChI=1S/C27H23N3O2S/c1-19-12-14-22(15-13-19)30-26(32)24(16-20-8-4-2-5-9-20)33-27(30)23(17-28)25(31)29-18-21-10-6-3-7-11-21/h2-15,24H,16,18H2,1H3,(H,29,31)/b27-23+/t24-/m1/s1. The normalized spacial score (nSPS) is 16.9. The van der Waals surface area contributed by atoms with Gasteiger partial charge < -0.3 is 5.32 Å². The molecule has 2 amide bonds. The first kappa shape index (κ1) is 22.4. The summed E-state index contributed by atoms with van der Waals surface area (Å²) in [7, 11) is 0. The van der Waals surface area contributed by atoms with Crippen LogP contribution >= 0.6 is 11.8 Å². The third-order valence-electron chi connectivity index (χ3n) is 5.36. The van der Waals surface area contributed by atoms with E-state index in [0.29, 0.717) is 23.7 Å². The molecule has 1 aliphatic heterocycles. The van der Waals surface area contributed by atoms with Gasteiger partial charge in [-0.25, -0.2) is 0 Å². The van der Waals surface area contributed by atoms with E-state index in [1.54, 1.807) is 0 Å². The van der Waals surface area contributed by atoms with Gasteiger partial charge in [0, 0.05) is 12.2 Å². The van der Waals surface area contributed by atoms with E-state index in [4.69, 9.17) is 0 Å². The number of benzene rings is 3. The summed E-state index contributed by atoms with van der Waals surface area (Å²) >= 11 is 1.28. The number of hydrogen-bond donors (Lipinski definition) is 1. The van der Waals surface area contributed by atoms with E-state index in [1.165, 1.54) is 16.7 Å². The molecule has 1 aliphatic rings. The zero-order valence-electron chi connectivity index (χ0n) is 18.2. The lowest BCUT2D eigenvalue weighted by Gasteiger charge is -2.19. The number of aryl methyl sites for hydroxylation is 1. The largest absolute Gasteiger partial charge is 0.347 e. The van der Waals surface area contributed by atoms with E-state index in [0.717, 1.165) is 16.7 Å². The topological polar surface area (TPSA) is 73.2 Å². The highest BCUT2D eigenvalue weighted by molar-refractivity contribution is 8.05. The minimum Gasteiger partial charge on any atom is -0.347 e. The summed E-state index contributed by atoms with van der Waals surface area (Å²) in [6.07, 6.45) is 0.514. The number of carbonyl (C=O) groups excluding carboxylic acids is 2. The lowest BCUT2D eigenvalue weighted by Crippen LogP contribution is -2.32. The van der Waals surface area contributed by atoms with Crippen molar-refractivity contribution < 1.29 is 9.59 Å². The zero-order valence-corrected chi connectivity index (χ0v) is 19.0. The number of nitrogens with zero attached hydrogens (tertiary/aromatic N) is 2. The Morgan fingerprint density at radius 3 is 2.18 bits per heavy atom. The quantitative estimate of drug-likeness (QED) is 0.432. The van der Waals surface area contributed by atoms with Crippen molar-refractivity contribution in [2.24, 2.45) is 0 Å². The van der Waals surface area contributed by atoms with E-state index in [-0.39, 0.29) is 11.5 Å². The van der Waals surface area contributed by atoms with E-state index >= 15 is 0 Å². The Kier molecular flexibility index (Phi) is 6.92. The molecule has 0 saturated carbocycles. The predicted octanol–water partition coefficient (Wildman–Crippen LogP) is 4.74. The second-order valence-corrected chi connectivity index (χ2v) is 8.96. The maximum absolute atomic E-state index is 13.5. The van der Waals surface area contributed by atoms with Crippen molar-refractivity contribution in [2.75, 3.05) is 4.90 Å². The number of hydrogen-bond acceptors (Lipinski definition) is 4. The molecule has 0 spiro atoms. The molecule has 164 valence electrons. The average molecular weight is 454 g/mol.